The Morgan fingerprint density at radius 1 is 1.15 bits per heavy atom. The monoisotopic (exact) mass is 186 g/mol. The molecule has 1 aliphatic heterocycles. The van der Waals surface area contributed by atoms with Gasteiger partial charge in [-0.1, -0.05) is 0 Å². The van der Waals surface area contributed by atoms with E-state index >= 15 is 0 Å². The predicted octanol–water partition coefficient (Wildman–Crippen LogP) is 3.40. The first-order chi connectivity index (χ1) is 6.07. The summed E-state index contributed by atoms with van der Waals surface area (Å²) < 4.78 is 41.4. The first kappa shape index (κ1) is 8.16. The van der Waals surface area contributed by atoms with Gasteiger partial charge in [0.05, 0.1) is 11.8 Å². The molecule has 68 valence electrons. The van der Waals surface area contributed by atoms with Gasteiger partial charge in [0, 0.05) is 5.56 Å². The molecule has 0 radical (unpaired) electrons. The van der Waals surface area contributed by atoms with Crippen LogP contribution in [0.25, 0.3) is 11.3 Å². The van der Waals surface area contributed by atoms with E-state index in [1.807, 2.05) is 0 Å². The van der Waals surface area contributed by atoms with Crippen LogP contribution in [0.4, 0.5) is 13.2 Å². The van der Waals surface area contributed by atoms with Gasteiger partial charge < -0.3 is 4.42 Å². The van der Waals surface area contributed by atoms with Gasteiger partial charge in [-0.3, -0.25) is 0 Å². The van der Waals surface area contributed by atoms with E-state index in [2.05, 4.69) is 0 Å². The molecule has 2 rings (SSSR count). The zero-order valence-electron chi connectivity index (χ0n) is 6.43. The molecule has 0 unspecified atom stereocenters. The molecule has 1 aliphatic carbocycles. The van der Waals surface area contributed by atoms with E-state index in [1.165, 1.54) is 6.26 Å². The van der Waals surface area contributed by atoms with Gasteiger partial charge in [0.15, 0.2) is 0 Å². The van der Waals surface area contributed by atoms with Crippen LogP contribution in [0.5, 0.6) is 0 Å². The minimum absolute atomic E-state index is 0.259. The molecule has 2 aliphatic rings. The highest BCUT2D eigenvalue weighted by atomic mass is 19.4. The lowest BCUT2D eigenvalue weighted by Gasteiger charge is -2.00. The van der Waals surface area contributed by atoms with Crippen molar-refractivity contribution in [3.8, 4) is 11.3 Å². The highest BCUT2D eigenvalue weighted by Gasteiger charge is 2.32. The minimum Gasteiger partial charge on any atom is -0.464 e. The number of halogens is 3. The fraction of sp³-hybridized carbons (Fsp3) is 0.111. The lowest BCUT2D eigenvalue weighted by atomic mass is 10.3. The lowest BCUT2D eigenvalue weighted by Crippen LogP contribution is -2.01. The van der Waals surface area contributed by atoms with Crippen molar-refractivity contribution in [1.29, 1.82) is 0 Å². The molecular formula is C9H5F3O. The summed E-state index contributed by atoms with van der Waals surface area (Å²) in [6.45, 7) is 0. The topological polar surface area (TPSA) is 13.1 Å². The number of alkyl halides is 3. The summed E-state index contributed by atoms with van der Waals surface area (Å²) >= 11 is 0. The summed E-state index contributed by atoms with van der Waals surface area (Å²) in [6, 6.07) is 5.20. The van der Waals surface area contributed by atoms with Crippen molar-refractivity contribution in [1.82, 2.24) is 0 Å². The Labute approximate surface area is 72.1 Å². The normalized spacial score (nSPS) is 12.2. The van der Waals surface area contributed by atoms with Crippen LogP contribution in [-0.2, 0) is 6.18 Å². The van der Waals surface area contributed by atoms with E-state index in [-0.39, 0.29) is 5.76 Å². The van der Waals surface area contributed by atoms with E-state index in [0.717, 1.165) is 12.1 Å². The summed E-state index contributed by atoms with van der Waals surface area (Å²) in [7, 11) is 0. The van der Waals surface area contributed by atoms with Crippen LogP contribution in [0.15, 0.2) is 34.9 Å². The Morgan fingerprint density at radius 2 is 1.92 bits per heavy atom. The summed E-state index contributed by atoms with van der Waals surface area (Å²) in [5, 5.41) is 0. The first-order valence-electron chi connectivity index (χ1n) is 3.62. The lowest BCUT2D eigenvalue weighted by molar-refractivity contribution is -0.137. The smallest absolute Gasteiger partial charge is 0.416 e. The van der Waals surface area contributed by atoms with Crippen molar-refractivity contribution < 1.29 is 17.6 Å². The highest BCUT2D eigenvalue weighted by Crippen LogP contribution is 2.36. The van der Waals surface area contributed by atoms with Crippen LogP contribution in [0.2, 0.25) is 0 Å². The molecule has 0 aromatic rings. The molecule has 1 heterocycles. The Bertz CT molecular complexity index is 358. The second-order valence-electron chi connectivity index (χ2n) is 2.67. The second kappa shape index (κ2) is 2.52. The van der Waals surface area contributed by atoms with Gasteiger partial charge in [-0.25, -0.2) is 0 Å². The molecule has 0 amide bonds. The Hall–Kier alpha value is -1.45. The summed E-state index contributed by atoms with van der Waals surface area (Å²) in [4.78, 5) is 0. The molecule has 0 saturated carbocycles. The van der Waals surface area contributed by atoms with Crippen molar-refractivity contribution in [2.45, 2.75) is 6.18 Å². The maximum absolute atomic E-state index is 12.2. The molecule has 0 N–H and O–H groups in total. The van der Waals surface area contributed by atoms with Gasteiger partial charge in [-0.15, -0.1) is 0 Å². The molecule has 1 nitrogen and oxygen atoms in total. The van der Waals surface area contributed by atoms with Gasteiger partial charge >= 0.3 is 6.18 Å². The van der Waals surface area contributed by atoms with Crippen molar-refractivity contribution in [3.63, 3.8) is 0 Å². The van der Waals surface area contributed by atoms with Crippen LogP contribution in [-0.4, -0.2) is 0 Å². The Kier molecular flexibility index (Phi) is 1.58. The van der Waals surface area contributed by atoms with Crippen LogP contribution >= 0.6 is 0 Å². The van der Waals surface area contributed by atoms with Crippen LogP contribution in [0.1, 0.15) is 5.56 Å². The van der Waals surface area contributed by atoms with Crippen LogP contribution < -0.4 is 0 Å². The van der Waals surface area contributed by atoms with Gasteiger partial charge in [-0.2, -0.15) is 13.2 Å². The average molecular weight is 186 g/mol. The molecule has 13 heavy (non-hydrogen) atoms. The third-order valence-electron chi connectivity index (χ3n) is 1.76. The second-order valence-corrected chi connectivity index (χ2v) is 2.67. The van der Waals surface area contributed by atoms with Crippen molar-refractivity contribution >= 4 is 0 Å². The standard InChI is InChI=1S/C9H5F3O/c10-9(11,12)7-4-6-2-1-3-13-8(6)5-7/h1-5H. The maximum atomic E-state index is 12.2. The largest absolute Gasteiger partial charge is 0.464 e. The average Bonchev–Trinajstić information content (AvgIpc) is 2.45. The van der Waals surface area contributed by atoms with E-state index in [1.54, 1.807) is 12.1 Å². The Balaban J connectivity index is 2.58. The molecule has 0 aromatic heterocycles. The zero-order valence-corrected chi connectivity index (χ0v) is 6.43. The first-order valence-corrected chi connectivity index (χ1v) is 3.62. The third kappa shape index (κ3) is 1.39. The van der Waals surface area contributed by atoms with Gasteiger partial charge in [-0.05, 0) is 24.3 Å². The molecule has 4 heteroatoms. The number of fused-ring (bicyclic) bond motifs is 1. The van der Waals surface area contributed by atoms with E-state index in [4.69, 9.17) is 4.42 Å². The van der Waals surface area contributed by atoms with E-state index in [9.17, 15) is 13.2 Å². The summed E-state index contributed by atoms with van der Waals surface area (Å²) in [5.41, 5.74) is -0.202. The van der Waals surface area contributed by atoms with Crippen molar-refractivity contribution in [2.75, 3.05) is 0 Å². The van der Waals surface area contributed by atoms with E-state index in [0.29, 0.717) is 5.56 Å². The van der Waals surface area contributed by atoms with E-state index < -0.39 is 11.7 Å². The molecule has 0 aromatic carbocycles. The molecule has 0 fully saturated rings. The number of hydrogen-bond donors (Lipinski definition) is 0. The Morgan fingerprint density at radius 3 is 2.54 bits per heavy atom. The molecule has 0 spiro atoms. The fourth-order valence-corrected chi connectivity index (χ4v) is 1.16. The maximum Gasteiger partial charge on any atom is 0.416 e. The SMILES string of the molecule is FC(F)(F)c1cc2cccoc-2c1. The van der Waals surface area contributed by atoms with Crippen molar-refractivity contribution in [2.24, 2.45) is 0 Å². The molecule has 0 bridgehead atoms. The third-order valence-corrected chi connectivity index (χ3v) is 1.76. The van der Waals surface area contributed by atoms with Crippen LogP contribution in [0, 0.1) is 0 Å². The molecular weight excluding hydrogens is 181 g/mol. The molecule has 0 atom stereocenters. The predicted molar refractivity (Wildman–Crippen MR) is 40.3 cm³/mol. The van der Waals surface area contributed by atoms with Gasteiger partial charge in [0.25, 0.3) is 0 Å². The quantitative estimate of drug-likeness (QED) is 0.614. The summed E-state index contributed by atoms with van der Waals surface area (Å²) in [6.07, 6.45) is -2.95. The minimum atomic E-state index is -4.30. The zero-order chi connectivity index (χ0) is 9.47. The van der Waals surface area contributed by atoms with Crippen LogP contribution in [0.3, 0.4) is 0 Å². The summed E-state index contributed by atoms with van der Waals surface area (Å²) in [5.74, 6) is 0.259. The van der Waals surface area contributed by atoms with Crippen molar-refractivity contribution in [3.05, 3.63) is 36.1 Å². The van der Waals surface area contributed by atoms with Gasteiger partial charge in [0.2, 0.25) is 0 Å². The van der Waals surface area contributed by atoms with Gasteiger partial charge in [0.1, 0.15) is 5.76 Å². The number of hydrogen-bond acceptors (Lipinski definition) is 1. The number of rotatable bonds is 0. The fourth-order valence-electron chi connectivity index (χ4n) is 1.16. The highest BCUT2D eigenvalue weighted by molar-refractivity contribution is 5.62. The molecule has 0 saturated heterocycles.